The van der Waals surface area contributed by atoms with E-state index in [0.29, 0.717) is 6.04 Å². The second kappa shape index (κ2) is 9.29. The van der Waals surface area contributed by atoms with Gasteiger partial charge in [0.25, 0.3) is 0 Å². The van der Waals surface area contributed by atoms with Crippen molar-refractivity contribution in [3.63, 3.8) is 0 Å². The van der Waals surface area contributed by atoms with Gasteiger partial charge in [0.15, 0.2) is 0 Å². The number of hydrogen-bond acceptors (Lipinski definition) is 2. The van der Waals surface area contributed by atoms with Crippen molar-refractivity contribution < 1.29 is 4.79 Å². The van der Waals surface area contributed by atoms with E-state index in [-0.39, 0.29) is 24.4 Å². The van der Waals surface area contributed by atoms with E-state index in [1.807, 2.05) is 6.07 Å². The number of unbranched alkanes of at least 4 members (excludes halogenated alkanes) is 1. The summed E-state index contributed by atoms with van der Waals surface area (Å²) < 4.78 is 0. The van der Waals surface area contributed by atoms with Crippen molar-refractivity contribution in [3.8, 4) is 0 Å². The van der Waals surface area contributed by atoms with Crippen molar-refractivity contribution >= 4 is 24.0 Å². The molecule has 0 aliphatic carbocycles. The number of nitrogens with one attached hydrogen (secondary N) is 1. The molecule has 2 rings (SSSR count). The molecule has 130 valence electrons. The number of likely N-dealkylation sites (tertiary alicyclic amines) is 1. The summed E-state index contributed by atoms with van der Waals surface area (Å²) in [6, 6.07) is 6.68. The molecule has 1 fully saturated rings. The Kier molecular flexibility index (Phi) is 8.07. The van der Waals surface area contributed by atoms with Gasteiger partial charge in [-0.05, 0) is 64.1 Å². The van der Waals surface area contributed by atoms with Crippen LogP contribution in [0.5, 0.6) is 0 Å². The molecule has 0 bridgehead atoms. The predicted octanol–water partition coefficient (Wildman–Crippen LogP) is 4.71. The maximum absolute atomic E-state index is 12.8. The summed E-state index contributed by atoms with van der Waals surface area (Å²) in [7, 11) is 0. The highest BCUT2D eigenvalue weighted by atomic mass is 35.5. The summed E-state index contributed by atoms with van der Waals surface area (Å²) in [5.74, 6) is 0.167. The lowest BCUT2D eigenvalue weighted by atomic mass is 9.95. The van der Waals surface area contributed by atoms with Gasteiger partial charge in [-0.15, -0.1) is 12.4 Å². The topological polar surface area (TPSA) is 32.3 Å². The number of hydrogen-bond donors (Lipinski definition) is 1. The first-order valence-corrected chi connectivity index (χ1v) is 8.67. The summed E-state index contributed by atoms with van der Waals surface area (Å²) in [6.07, 6.45) is 5.67. The number of rotatable bonds is 5. The van der Waals surface area contributed by atoms with Crippen molar-refractivity contribution in [2.45, 2.75) is 71.9 Å². The molecule has 0 spiro atoms. The Morgan fingerprint density at radius 1 is 1.26 bits per heavy atom. The third-order valence-corrected chi connectivity index (χ3v) is 4.87. The molecule has 1 aromatic carbocycles. The van der Waals surface area contributed by atoms with Crippen molar-refractivity contribution in [3.05, 3.63) is 29.3 Å². The van der Waals surface area contributed by atoms with Gasteiger partial charge in [-0.25, -0.2) is 0 Å². The minimum atomic E-state index is 0. The van der Waals surface area contributed by atoms with E-state index in [2.05, 4.69) is 50.0 Å². The Labute approximate surface area is 147 Å². The Morgan fingerprint density at radius 2 is 1.91 bits per heavy atom. The molecule has 1 aliphatic rings. The molecule has 23 heavy (non-hydrogen) atoms. The van der Waals surface area contributed by atoms with Gasteiger partial charge < -0.3 is 5.32 Å². The van der Waals surface area contributed by atoms with Gasteiger partial charge in [-0.2, -0.15) is 0 Å². The summed E-state index contributed by atoms with van der Waals surface area (Å²) >= 11 is 0. The monoisotopic (exact) mass is 338 g/mol. The maximum Gasteiger partial charge on any atom is 0.241 e. The number of benzene rings is 1. The number of anilines is 1. The first-order valence-electron chi connectivity index (χ1n) is 8.67. The molecular weight excluding hydrogens is 308 g/mol. The zero-order valence-corrected chi connectivity index (χ0v) is 15.7. The molecule has 1 amide bonds. The molecule has 3 nitrogen and oxygen atoms in total. The standard InChI is InChI=1S/C19H30N2O.ClH/c1-5-6-13-21-16(4)11-8-12-17(21)19(22)20-18-14(2)9-7-10-15(18)3;/h7,9-10,16-17H,5-6,8,11-13H2,1-4H3,(H,20,22);1H/t16-,17-;/m0./s1. The molecule has 4 heteroatoms. The third-order valence-electron chi connectivity index (χ3n) is 4.87. The molecule has 0 radical (unpaired) electrons. The van der Waals surface area contributed by atoms with E-state index in [4.69, 9.17) is 0 Å². The highest BCUT2D eigenvalue weighted by Crippen LogP contribution is 2.26. The van der Waals surface area contributed by atoms with E-state index < -0.39 is 0 Å². The average molecular weight is 339 g/mol. The molecule has 0 unspecified atom stereocenters. The average Bonchev–Trinajstić information content (AvgIpc) is 2.49. The number of aryl methyl sites for hydroxylation is 2. The fourth-order valence-electron chi connectivity index (χ4n) is 3.46. The van der Waals surface area contributed by atoms with E-state index in [9.17, 15) is 4.79 Å². The van der Waals surface area contributed by atoms with E-state index in [1.165, 1.54) is 12.8 Å². The number of carbonyl (C=O) groups is 1. The summed E-state index contributed by atoms with van der Waals surface area (Å²) in [5.41, 5.74) is 3.26. The number of nitrogens with zero attached hydrogens (tertiary/aromatic N) is 1. The fourth-order valence-corrected chi connectivity index (χ4v) is 3.46. The molecule has 0 aromatic heterocycles. The molecule has 1 heterocycles. The largest absolute Gasteiger partial charge is 0.324 e. The van der Waals surface area contributed by atoms with Crippen LogP contribution in [-0.2, 0) is 4.79 Å². The lowest BCUT2D eigenvalue weighted by molar-refractivity contribution is -0.123. The third kappa shape index (κ3) is 4.95. The Hall–Kier alpha value is -1.06. The Bertz CT molecular complexity index is 498. The zero-order chi connectivity index (χ0) is 16.1. The second-order valence-electron chi connectivity index (χ2n) is 6.64. The molecule has 2 atom stereocenters. The number of halogens is 1. The van der Waals surface area contributed by atoms with E-state index in [1.54, 1.807) is 0 Å². The van der Waals surface area contributed by atoms with Crippen molar-refractivity contribution in [1.29, 1.82) is 0 Å². The first kappa shape index (κ1) is 20.0. The predicted molar refractivity (Wildman–Crippen MR) is 101 cm³/mol. The van der Waals surface area contributed by atoms with Gasteiger partial charge in [0, 0.05) is 11.7 Å². The fraction of sp³-hybridized carbons (Fsp3) is 0.632. The Balaban J connectivity index is 0.00000264. The minimum absolute atomic E-state index is 0. The van der Waals surface area contributed by atoms with Crippen LogP contribution in [0.2, 0.25) is 0 Å². The number of carbonyl (C=O) groups excluding carboxylic acids is 1. The molecule has 1 aromatic rings. The van der Waals surface area contributed by atoms with Crippen LogP contribution in [0, 0.1) is 13.8 Å². The van der Waals surface area contributed by atoms with Crippen molar-refractivity contribution in [1.82, 2.24) is 4.90 Å². The van der Waals surface area contributed by atoms with Crippen LogP contribution in [0.3, 0.4) is 0 Å². The summed E-state index contributed by atoms with van der Waals surface area (Å²) in [5, 5.41) is 3.19. The lowest BCUT2D eigenvalue weighted by Gasteiger charge is -2.39. The molecule has 0 saturated carbocycles. The van der Waals surface area contributed by atoms with Crippen LogP contribution in [-0.4, -0.2) is 29.4 Å². The summed E-state index contributed by atoms with van der Waals surface area (Å²) in [4.78, 5) is 15.3. The number of para-hydroxylation sites is 1. The molecule has 1 N–H and O–H groups in total. The van der Waals surface area contributed by atoms with E-state index >= 15 is 0 Å². The normalized spacial score (nSPS) is 21.6. The molecule has 1 aliphatic heterocycles. The van der Waals surface area contributed by atoms with Crippen LogP contribution < -0.4 is 5.32 Å². The van der Waals surface area contributed by atoms with Gasteiger partial charge in [0.2, 0.25) is 5.91 Å². The van der Waals surface area contributed by atoms with Crippen LogP contribution >= 0.6 is 12.4 Å². The summed E-state index contributed by atoms with van der Waals surface area (Å²) in [6.45, 7) is 9.61. The molecule has 1 saturated heterocycles. The van der Waals surface area contributed by atoms with Crippen LogP contribution in [0.4, 0.5) is 5.69 Å². The number of piperidine rings is 1. The van der Waals surface area contributed by atoms with Crippen LogP contribution in [0.1, 0.15) is 57.1 Å². The highest BCUT2D eigenvalue weighted by molar-refractivity contribution is 5.96. The van der Waals surface area contributed by atoms with Gasteiger partial charge >= 0.3 is 0 Å². The van der Waals surface area contributed by atoms with Gasteiger partial charge in [-0.1, -0.05) is 31.5 Å². The zero-order valence-electron chi connectivity index (χ0n) is 14.9. The second-order valence-corrected chi connectivity index (χ2v) is 6.64. The highest BCUT2D eigenvalue weighted by Gasteiger charge is 2.32. The van der Waals surface area contributed by atoms with Crippen molar-refractivity contribution in [2.75, 3.05) is 11.9 Å². The van der Waals surface area contributed by atoms with Gasteiger partial charge in [0.1, 0.15) is 0 Å². The SMILES string of the molecule is CCCCN1[C@@H](C)CCC[C@H]1C(=O)Nc1c(C)cccc1C.Cl. The van der Waals surface area contributed by atoms with E-state index in [0.717, 1.165) is 42.6 Å². The lowest BCUT2D eigenvalue weighted by Crippen LogP contribution is -2.51. The minimum Gasteiger partial charge on any atom is -0.324 e. The van der Waals surface area contributed by atoms with Crippen LogP contribution in [0.25, 0.3) is 0 Å². The van der Waals surface area contributed by atoms with Gasteiger partial charge in [-0.3, -0.25) is 9.69 Å². The first-order chi connectivity index (χ1) is 10.5. The van der Waals surface area contributed by atoms with Crippen molar-refractivity contribution in [2.24, 2.45) is 0 Å². The smallest absolute Gasteiger partial charge is 0.241 e. The number of amides is 1. The van der Waals surface area contributed by atoms with Gasteiger partial charge in [0.05, 0.1) is 6.04 Å². The molecular formula is C19H31ClN2O. The maximum atomic E-state index is 12.8. The Morgan fingerprint density at radius 3 is 2.52 bits per heavy atom. The quantitative estimate of drug-likeness (QED) is 0.843. The van der Waals surface area contributed by atoms with Crippen LogP contribution in [0.15, 0.2) is 18.2 Å².